The second-order valence-corrected chi connectivity index (χ2v) is 11.5. The third-order valence-electron chi connectivity index (χ3n) is 9.54. The van der Waals surface area contributed by atoms with Gasteiger partial charge in [-0.05, 0) is 54.9 Å². The largest absolute Gasteiger partial charge is 0.450 e. The second kappa shape index (κ2) is 7.92. The fraction of sp³-hybridized carbons (Fsp3) is 0.800. The van der Waals surface area contributed by atoms with Gasteiger partial charge in [0.15, 0.2) is 11.4 Å². The van der Waals surface area contributed by atoms with E-state index in [0.29, 0.717) is 25.7 Å². The number of carbonyl (C=O) groups excluding carboxylic acids is 3. The number of esters is 1. The highest BCUT2D eigenvalue weighted by atomic mass is 35.5. The summed E-state index contributed by atoms with van der Waals surface area (Å²) >= 11 is 7.00. The van der Waals surface area contributed by atoms with Crippen molar-refractivity contribution in [2.45, 2.75) is 83.3 Å². The van der Waals surface area contributed by atoms with E-state index in [-0.39, 0.29) is 53.1 Å². The van der Waals surface area contributed by atoms with Gasteiger partial charge in [-0.2, -0.15) is 0 Å². The van der Waals surface area contributed by atoms with Crippen LogP contribution in [0.5, 0.6) is 0 Å². The quantitative estimate of drug-likeness (QED) is 0.487. The number of aliphatic hydroxyl groups excluding tert-OH is 2. The van der Waals surface area contributed by atoms with Gasteiger partial charge in [0.1, 0.15) is 6.61 Å². The molecule has 0 bridgehead atoms. The topological polar surface area (TPSA) is 101 Å². The Bertz CT molecular complexity index is 868. The maximum Gasteiger partial charge on any atom is 0.306 e. The third kappa shape index (κ3) is 3.01. The lowest BCUT2D eigenvalue weighted by Gasteiger charge is -2.61. The van der Waals surface area contributed by atoms with Gasteiger partial charge in [-0.1, -0.05) is 33.3 Å². The molecule has 3 unspecified atom stereocenters. The fourth-order valence-corrected chi connectivity index (χ4v) is 8.65. The molecule has 3 fully saturated rings. The maximum atomic E-state index is 13.2. The molecule has 0 aromatic heterocycles. The lowest BCUT2D eigenvalue weighted by molar-refractivity contribution is -0.206. The smallest absolute Gasteiger partial charge is 0.306 e. The molecular formula is C25H35ClO6. The van der Waals surface area contributed by atoms with E-state index in [9.17, 15) is 24.6 Å². The summed E-state index contributed by atoms with van der Waals surface area (Å²) in [4.78, 5) is 37.8. The molecule has 0 aromatic carbocycles. The number of hydrogen-bond acceptors (Lipinski definition) is 6. The van der Waals surface area contributed by atoms with E-state index < -0.39 is 35.5 Å². The normalized spacial score (nSPS) is 47.7. The summed E-state index contributed by atoms with van der Waals surface area (Å²) < 4.78 is 5.94. The van der Waals surface area contributed by atoms with Gasteiger partial charge < -0.3 is 14.9 Å². The number of aliphatic hydroxyl groups is 2. The zero-order valence-corrected chi connectivity index (χ0v) is 20.2. The molecule has 6 nitrogen and oxygen atoms in total. The molecule has 178 valence electrons. The predicted octanol–water partition coefficient (Wildman–Crippen LogP) is 3.21. The summed E-state index contributed by atoms with van der Waals surface area (Å²) in [6.07, 6.45) is 3.73. The number of halogens is 1. The summed E-state index contributed by atoms with van der Waals surface area (Å²) in [5.74, 6) is -1.44. The van der Waals surface area contributed by atoms with Crippen molar-refractivity contribution >= 4 is 29.1 Å². The van der Waals surface area contributed by atoms with Crippen LogP contribution >= 0.6 is 11.6 Å². The number of allylic oxidation sites excluding steroid dienone is 1. The van der Waals surface area contributed by atoms with Crippen LogP contribution in [0.3, 0.4) is 0 Å². The van der Waals surface area contributed by atoms with Crippen LogP contribution in [0.4, 0.5) is 0 Å². The standard InChI is InChI=1S/C25H35ClO6/c1-5-20(31)32-25(19(30)12-27)13(2)8-16-21-17(26)10-14-9-15(28)6-7-23(14,3)22(21)18(29)11-24(16,25)4/h9,13,16-18,21-22,27,29H,5-8,10-12H2,1-4H3/t13?,16-,17?,18?,21+,22-,23-,24-,25-/m0/s1. The first kappa shape index (κ1) is 23.9. The lowest BCUT2D eigenvalue weighted by Crippen LogP contribution is -2.65. The number of alkyl halides is 1. The van der Waals surface area contributed by atoms with Gasteiger partial charge in [0.2, 0.25) is 5.78 Å². The van der Waals surface area contributed by atoms with Crippen molar-refractivity contribution < 1.29 is 29.3 Å². The maximum absolute atomic E-state index is 13.2. The van der Waals surface area contributed by atoms with E-state index in [1.165, 1.54) is 0 Å². The van der Waals surface area contributed by atoms with Crippen LogP contribution < -0.4 is 0 Å². The van der Waals surface area contributed by atoms with E-state index in [4.69, 9.17) is 16.3 Å². The van der Waals surface area contributed by atoms with Crippen LogP contribution in [-0.2, 0) is 19.1 Å². The number of rotatable bonds is 4. The average molecular weight is 467 g/mol. The first-order valence-electron chi connectivity index (χ1n) is 11.9. The molecule has 0 saturated heterocycles. The molecule has 0 heterocycles. The minimum atomic E-state index is -1.48. The predicted molar refractivity (Wildman–Crippen MR) is 119 cm³/mol. The summed E-state index contributed by atoms with van der Waals surface area (Å²) in [7, 11) is 0. The van der Waals surface area contributed by atoms with Crippen molar-refractivity contribution in [1.82, 2.24) is 0 Å². The Morgan fingerprint density at radius 3 is 2.62 bits per heavy atom. The van der Waals surface area contributed by atoms with Gasteiger partial charge in [-0.15, -0.1) is 11.6 Å². The van der Waals surface area contributed by atoms with Crippen molar-refractivity contribution in [2.24, 2.45) is 34.5 Å². The van der Waals surface area contributed by atoms with Crippen molar-refractivity contribution in [3.05, 3.63) is 11.6 Å². The summed E-state index contributed by atoms with van der Waals surface area (Å²) in [5.41, 5.74) is -1.62. The monoisotopic (exact) mass is 466 g/mol. The van der Waals surface area contributed by atoms with E-state index >= 15 is 0 Å². The number of fused-ring (bicyclic) bond motifs is 5. The highest BCUT2D eigenvalue weighted by molar-refractivity contribution is 6.21. The Labute approximate surface area is 194 Å². The molecule has 0 aromatic rings. The molecule has 3 saturated carbocycles. The molecule has 4 aliphatic rings. The molecule has 0 aliphatic heterocycles. The first-order chi connectivity index (χ1) is 15.0. The molecule has 9 atom stereocenters. The average Bonchev–Trinajstić information content (AvgIpc) is 2.95. The molecule has 4 rings (SSSR count). The van der Waals surface area contributed by atoms with Crippen molar-refractivity contribution in [3.8, 4) is 0 Å². The first-order valence-corrected chi connectivity index (χ1v) is 12.3. The fourth-order valence-electron chi connectivity index (χ4n) is 8.16. The Kier molecular flexibility index (Phi) is 5.91. The summed E-state index contributed by atoms with van der Waals surface area (Å²) in [6, 6.07) is 0. The van der Waals surface area contributed by atoms with Gasteiger partial charge in [-0.3, -0.25) is 14.4 Å². The second-order valence-electron chi connectivity index (χ2n) is 11.0. The Morgan fingerprint density at radius 1 is 1.31 bits per heavy atom. The molecule has 32 heavy (non-hydrogen) atoms. The van der Waals surface area contributed by atoms with Crippen LogP contribution in [0.25, 0.3) is 0 Å². The van der Waals surface area contributed by atoms with Gasteiger partial charge in [0, 0.05) is 29.6 Å². The summed E-state index contributed by atoms with van der Waals surface area (Å²) in [5, 5.41) is 21.2. The molecule has 0 amide bonds. The molecule has 2 N–H and O–H groups in total. The minimum Gasteiger partial charge on any atom is -0.450 e. The number of ether oxygens (including phenoxy) is 1. The zero-order chi connectivity index (χ0) is 23.6. The number of hydrogen-bond donors (Lipinski definition) is 2. The van der Waals surface area contributed by atoms with E-state index in [1.807, 2.05) is 13.8 Å². The van der Waals surface area contributed by atoms with E-state index in [1.54, 1.807) is 13.0 Å². The van der Waals surface area contributed by atoms with Crippen LogP contribution in [0.1, 0.15) is 66.2 Å². The lowest BCUT2D eigenvalue weighted by atomic mass is 9.45. The SMILES string of the molecule is CCC(=O)O[C@]1(C(=O)CO)C(C)C[C@H]2[C@@H]3C(Cl)CC4=CC(=O)CC[C@]4(C)[C@H]3C(O)C[C@@]21C. The van der Waals surface area contributed by atoms with Crippen LogP contribution in [0.2, 0.25) is 0 Å². The molecular weight excluding hydrogens is 432 g/mol. The van der Waals surface area contributed by atoms with Gasteiger partial charge >= 0.3 is 5.97 Å². The van der Waals surface area contributed by atoms with Crippen LogP contribution in [-0.4, -0.2) is 51.4 Å². The van der Waals surface area contributed by atoms with Crippen molar-refractivity contribution in [2.75, 3.05) is 6.61 Å². The van der Waals surface area contributed by atoms with Crippen molar-refractivity contribution in [3.63, 3.8) is 0 Å². The highest BCUT2D eigenvalue weighted by Gasteiger charge is 2.73. The highest BCUT2D eigenvalue weighted by Crippen LogP contribution is 2.70. The van der Waals surface area contributed by atoms with E-state index in [2.05, 4.69) is 6.92 Å². The van der Waals surface area contributed by atoms with Crippen LogP contribution in [0.15, 0.2) is 11.6 Å². The molecule has 7 heteroatoms. The molecule has 0 spiro atoms. The Morgan fingerprint density at radius 2 is 2.00 bits per heavy atom. The van der Waals surface area contributed by atoms with Crippen LogP contribution in [0, 0.1) is 34.5 Å². The Hall–Kier alpha value is -1.24. The Balaban J connectivity index is 1.83. The zero-order valence-electron chi connectivity index (χ0n) is 19.4. The number of carbonyl (C=O) groups is 3. The molecule has 4 aliphatic carbocycles. The number of ketones is 2. The van der Waals surface area contributed by atoms with E-state index in [0.717, 1.165) is 5.57 Å². The third-order valence-corrected chi connectivity index (χ3v) is 9.99. The number of Topliss-reactive ketones (excluding diaryl/α,β-unsaturated/α-hetero) is 1. The van der Waals surface area contributed by atoms with Gasteiger partial charge in [0.25, 0.3) is 0 Å². The van der Waals surface area contributed by atoms with Crippen molar-refractivity contribution in [1.29, 1.82) is 0 Å². The van der Waals surface area contributed by atoms with Gasteiger partial charge in [0.05, 0.1) is 6.10 Å². The molecule has 0 radical (unpaired) electrons. The minimum absolute atomic E-state index is 0.0513. The summed E-state index contributed by atoms with van der Waals surface area (Å²) in [6.45, 7) is 6.93. The van der Waals surface area contributed by atoms with Gasteiger partial charge in [-0.25, -0.2) is 0 Å².